The third-order valence-electron chi connectivity index (χ3n) is 3.22. The van der Waals surface area contributed by atoms with Crippen LogP contribution in [0.15, 0.2) is 36.4 Å². The Morgan fingerprint density at radius 3 is 2.24 bits per heavy atom. The lowest BCUT2D eigenvalue weighted by Gasteiger charge is -2.17. The van der Waals surface area contributed by atoms with Gasteiger partial charge in [0.25, 0.3) is 0 Å². The van der Waals surface area contributed by atoms with Gasteiger partial charge in [0.05, 0.1) is 25.3 Å². The Kier molecular flexibility index (Phi) is 5.34. The molecule has 2 aromatic carbocycles. The molecular weight excluding hydrogens is 311 g/mol. The summed E-state index contributed by atoms with van der Waals surface area (Å²) in [6.07, 6.45) is -0.301. The zero-order chi connectivity index (χ0) is 15.4. The van der Waals surface area contributed by atoms with Crippen LogP contribution < -0.4 is 9.47 Å². The zero-order valence-electron chi connectivity index (χ0n) is 11.8. The molecule has 0 aliphatic carbocycles. The number of rotatable bonds is 5. The summed E-state index contributed by atoms with van der Waals surface area (Å²) in [6, 6.07) is 10.8. The molecular formula is C16H16Cl2O3. The van der Waals surface area contributed by atoms with E-state index in [1.54, 1.807) is 24.3 Å². The van der Waals surface area contributed by atoms with Crippen molar-refractivity contribution >= 4 is 23.2 Å². The molecule has 0 aliphatic rings. The fourth-order valence-electron chi connectivity index (χ4n) is 2.12. The predicted octanol–water partition coefficient (Wildman–Crippen LogP) is 4.29. The van der Waals surface area contributed by atoms with Crippen LogP contribution in [0, 0.1) is 0 Å². The van der Waals surface area contributed by atoms with Crippen molar-refractivity contribution in [2.24, 2.45) is 0 Å². The van der Waals surface area contributed by atoms with Gasteiger partial charge in [-0.15, -0.1) is 0 Å². The van der Waals surface area contributed by atoms with Gasteiger partial charge in [-0.2, -0.15) is 0 Å². The van der Waals surface area contributed by atoms with E-state index in [1.807, 2.05) is 12.1 Å². The van der Waals surface area contributed by atoms with Crippen molar-refractivity contribution in [3.8, 4) is 11.5 Å². The molecule has 0 amide bonds. The van der Waals surface area contributed by atoms with E-state index < -0.39 is 6.10 Å². The van der Waals surface area contributed by atoms with Gasteiger partial charge in [-0.3, -0.25) is 0 Å². The summed E-state index contributed by atoms with van der Waals surface area (Å²) < 4.78 is 10.4. The smallest absolute Gasteiger partial charge is 0.179 e. The topological polar surface area (TPSA) is 38.7 Å². The Hall–Kier alpha value is -1.42. The first-order valence-corrected chi connectivity index (χ1v) is 7.15. The molecule has 0 saturated heterocycles. The number of aliphatic hydroxyl groups excluding tert-OH is 1. The second kappa shape index (κ2) is 7.03. The number of aliphatic hydroxyl groups is 1. The van der Waals surface area contributed by atoms with Gasteiger partial charge in [-0.05, 0) is 23.8 Å². The van der Waals surface area contributed by atoms with E-state index in [-0.39, 0.29) is 0 Å². The maximum Gasteiger partial charge on any atom is 0.179 e. The second-order valence-corrected chi connectivity index (χ2v) is 5.37. The summed E-state index contributed by atoms with van der Waals surface area (Å²) in [6.45, 7) is 0. The molecule has 0 spiro atoms. The highest BCUT2D eigenvalue weighted by Gasteiger charge is 2.18. The van der Waals surface area contributed by atoms with Crippen molar-refractivity contribution in [2.75, 3.05) is 14.2 Å². The molecule has 1 unspecified atom stereocenters. The number of hydrogen-bond donors (Lipinski definition) is 1. The maximum absolute atomic E-state index is 10.4. The van der Waals surface area contributed by atoms with Crippen LogP contribution in [0.1, 0.15) is 17.2 Å². The lowest BCUT2D eigenvalue weighted by Crippen LogP contribution is -2.04. The van der Waals surface area contributed by atoms with Crippen molar-refractivity contribution < 1.29 is 14.6 Å². The fourth-order valence-corrected chi connectivity index (χ4v) is 2.60. The number of ether oxygens (including phenoxy) is 2. The molecule has 2 aromatic rings. The van der Waals surface area contributed by atoms with Gasteiger partial charge < -0.3 is 14.6 Å². The summed E-state index contributed by atoms with van der Waals surface area (Å²) >= 11 is 12.1. The Bertz CT molecular complexity index is 612. The van der Waals surface area contributed by atoms with Crippen molar-refractivity contribution in [1.29, 1.82) is 0 Å². The SMILES string of the molecule is COc1ccc(C(O)Cc2ccc(Cl)cc2)c(Cl)c1OC. The lowest BCUT2D eigenvalue weighted by molar-refractivity contribution is 0.178. The summed E-state index contributed by atoms with van der Waals surface area (Å²) in [4.78, 5) is 0. The van der Waals surface area contributed by atoms with E-state index >= 15 is 0 Å². The normalized spacial score (nSPS) is 12.0. The van der Waals surface area contributed by atoms with Crippen LogP contribution in [0.2, 0.25) is 10.0 Å². The largest absolute Gasteiger partial charge is 0.493 e. The van der Waals surface area contributed by atoms with Gasteiger partial charge in [0, 0.05) is 17.0 Å². The zero-order valence-corrected chi connectivity index (χ0v) is 13.3. The molecule has 1 atom stereocenters. The van der Waals surface area contributed by atoms with Crippen molar-refractivity contribution in [2.45, 2.75) is 12.5 Å². The number of benzene rings is 2. The van der Waals surface area contributed by atoms with Crippen LogP contribution in [-0.4, -0.2) is 19.3 Å². The first-order valence-electron chi connectivity index (χ1n) is 6.39. The molecule has 0 radical (unpaired) electrons. The standard InChI is InChI=1S/C16H16Cl2O3/c1-20-14-8-7-12(15(18)16(14)21-2)13(19)9-10-3-5-11(17)6-4-10/h3-8,13,19H,9H2,1-2H3. The van der Waals surface area contributed by atoms with Gasteiger partial charge in [0.1, 0.15) is 0 Å². The molecule has 112 valence electrons. The van der Waals surface area contributed by atoms with Crippen molar-refractivity contribution in [3.05, 3.63) is 57.6 Å². The highest BCUT2D eigenvalue weighted by molar-refractivity contribution is 6.33. The summed E-state index contributed by atoms with van der Waals surface area (Å²) in [5.41, 5.74) is 1.57. The van der Waals surface area contributed by atoms with E-state index in [0.29, 0.717) is 33.5 Å². The molecule has 0 fully saturated rings. The number of hydrogen-bond acceptors (Lipinski definition) is 3. The Labute approximate surface area is 134 Å². The van der Waals surface area contributed by atoms with E-state index in [0.717, 1.165) is 5.56 Å². The first-order chi connectivity index (χ1) is 10.1. The van der Waals surface area contributed by atoms with E-state index in [1.165, 1.54) is 14.2 Å². The first kappa shape index (κ1) is 16.0. The number of halogens is 2. The van der Waals surface area contributed by atoms with Crippen LogP contribution in [0.5, 0.6) is 11.5 Å². The summed E-state index contributed by atoms with van der Waals surface area (Å²) in [5.74, 6) is 0.955. The van der Waals surface area contributed by atoms with E-state index in [4.69, 9.17) is 32.7 Å². The van der Waals surface area contributed by atoms with Crippen molar-refractivity contribution in [1.82, 2.24) is 0 Å². The molecule has 0 saturated carbocycles. The lowest BCUT2D eigenvalue weighted by atomic mass is 10.0. The van der Waals surface area contributed by atoms with Gasteiger partial charge in [0.15, 0.2) is 11.5 Å². The van der Waals surface area contributed by atoms with Gasteiger partial charge in [-0.1, -0.05) is 41.4 Å². The van der Waals surface area contributed by atoms with Gasteiger partial charge in [0.2, 0.25) is 0 Å². The Balaban J connectivity index is 2.26. The minimum Gasteiger partial charge on any atom is -0.493 e. The van der Waals surface area contributed by atoms with Crippen molar-refractivity contribution in [3.63, 3.8) is 0 Å². The third-order valence-corrected chi connectivity index (χ3v) is 3.86. The van der Waals surface area contributed by atoms with Crippen LogP contribution in [0.4, 0.5) is 0 Å². The van der Waals surface area contributed by atoms with Gasteiger partial charge in [-0.25, -0.2) is 0 Å². The third kappa shape index (κ3) is 3.62. The maximum atomic E-state index is 10.4. The summed E-state index contributed by atoms with van der Waals surface area (Å²) in [5, 5.41) is 11.4. The molecule has 21 heavy (non-hydrogen) atoms. The minimum absolute atomic E-state index is 0.360. The van der Waals surface area contributed by atoms with Crippen LogP contribution in [-0.2, 0) is 6.42 Å². The Morgan fingerprint density at radius 1 is 1.00 bits per heavy atom. The average Bonchev–Trinajstić information content (AvgIpc) is 2.49. The van der Waals surface area contributed by atoms with E-state index in [9.17, 15) is 5.11 Å². The Morgan fingerprint density at radius 2 is 1.67 bits per heavy atom. The molecule has 3 nitrogen and oxygen atoms in total. The molecule has 5 heteroatoms. The predicted molar refractivity (Wildman–Crippen MR) is 84.7 cm³/mol. The highest BCUT2D eigenvalue weighted by atomic mass is 35.5. The number of methoxy groups -OCH3 is 2. The second-order valence-electron chi connectivity index (χ2n) is 4.55. The van der Waals surface area contributed by atoms with Crippen LogP contribution in [0.3, 0.4) is 0 Å². The molecule has 0 heterocycles. The summed E-state index contributed by atoms with van der Waals surface area (Å²) in [7, 11) is 3.05. The molecule has 2 rings (SSSR count). The van der Waals surface area contributed by atoms with Crippen LogP contribution >= 0.6 is 23.2 Å². The molecule has 0 aliphatic heterocycles. The fraction of sp³-hybridized carbons (Fsp3) is 0.250. The minimum atomic E-state index is -0.738. The molecule has 0 bridgehead atoms. The average molecular weight is 327 g/mol. The van der Waals surface area contributed by atoms with E-state index in [2.05, 4.69) is 0 Å². The highest BCUT2D eigenvalue weighted by Crippen LogP contribution is 2.40. The quantitative estimate of drug-likeness (QED) is 0.890. The molecule has 1 N–H and O–H groups in total. The monoisotopic (exact) mass is 326 g/mol. The molecule has 0 aromatic heterocycles. The van der Waals surface area contributed by atoms with Gasteiger partial charge >= 0.3 is 0 Å². The van der Waals surface area contributed by atoms with Crippen LogP contribution in [0.25, 0.3) is 0 Å².